The van der Waals surface area contributed by atoms with E-state index in [9.17, 15) is 22.8 Å². The molecule has 0 aromatic heterocycles. The van der Waals surface area contributed by atoms with Gasteiger partial charge in [-0.05, 0) is 30.3 Å². The van der Waals surface area contributed by atoms with Crippen LogP contribution < -0.4 is 20.1 Å². The zero-order chi connectivity index (χ0) is 21.7. The van der Waals surface area contributed by atoms with E-state index >= 15 is 0 Å². The molecule has 1 aliphatic heterocycles. The van der Waals surface area contributed by atoms with Crippen LogP contribution in [0.4, 0.5) is 18.9 Å². The molecule has 2 amide bonds. The Hall–Kier alpha value is -2.88. The van der Waals surface area contributed by atoms with E-state index in [1.54, 1.807) is 18.2 Å². The lowest BCUT2D eigenvalue weighted by atomic mass is 10.1. The molecule has 2 N–H and O–H groups in total. The van der Waals surface area contributed by atoms with Crippen molar-refractivity contribution in [2.45, 2.75) is 22.7 Å². The van der Waals surface area contributed by atoms with Crippen molar-refractivity contribution < 1.29 is 32.2 Å². The van der Waals surface area contributed by atoms with Crippen LogP contribution in [0, 0.1) is 0 Å². The van der Waals surface area contributed by atoms with E-state index in [1.807, 2.05) is 6.07 Å². The highest BCUT2D eigenvalue weighted by atomic mass is 32.2. The Morgan fingerprint density at radius 2 is 1.93 bits per heavy atom. The van der Waals surface area contributed by atoms with Gasteiger partial charge in [0.15, 0.2) is 11.5 Å². The molecule has 160 valence electrons. The van der Waals surface area contributed by atoms with Gasteiger partial charge in [-0.3, -0.25) is 9.59 Å². The van der Waals surface area contributed by atoms with Gasteiger partial charge in [-0.2, -0.15) is 13.2 Å². The van der Waals surface area contributed by atoms with E-state index in [-0.39, 0.29) is 31.2 Å². The van der Waals surface area contributed by atoms with Crippen LogP contribution in [-0.2, 0) is 15.8 Å². The molecule has 6 nitrogen and oxygen atoms in total. The van der Waals surface area contributed by atoms with Crippen LogP contribution >= 0.6 is 11.8 Å². The molecule has 0 saturated carbocycles. The van der Waals surface area contributed by atoms with Crippen molar-refractivity contribution in [2.75, 3.05) is 25.6 Å². The minimum Gasteiger partial charge on any atom is -0.493 e. The smallest absolute Gasteiger partial charge is 0.416 e. The van der Waals surface area contributed by atoms with Gasteiger partial charge in [-0.1, -0.05) is 12.1 Å². The van der Waals surface area contributed by atoms with Gasteiger partial charge in [0.05, 0.1) is 30.2 Å². The van der Waals surface area contributed by atoms with Crippen molar-refractivity contribution in [3.05, 3.63) is 48.0 Å². The molecular formula is C20H19F3N2O4S. The molecule has 1 unspecified atom stereocenters. The third-order valence-corrected chi connectivity index (χ3v) is 5.52. The van der Waals surface area contributed by atoms with Crippen LogP contribution in [-0.4, -0.2) is 37.3 Å². The van der Waals surface area contributed by atoms with Crippen molar-refractivity contribution in [2.24, 2.45) is 0 Å². The first-order chi connectivity index (χ1) is 14.3. The molecule has 1 atom stereocenters. The Morgan fingerprint density at radius 3 is 2.63 bits per heavy atom. The number of amides is 2. The van der Waals surface area contributed by atoms with Gasteiger partial charge in [0.2, 0.25) is 11.8 Å². The average molecular weight is 440 g/mol. The van der Waals surface area contributed by atoms with Crippen LogP contribution in [0.1, 0.15) is 12.0 Å². The lowest BCUT2D eigenvalue weighted by molar-refractivity contribution is -0.137. The molecule has 0 spiro atoms. The number of nitrogens with one attached hydrogen (secondary N) is 2. The first kappa shape index (κ1) is 21.8. The average Bonchev–Trinajstić information content (AvgIpc) is 2.71. The van der Waals surface area contributed by atoms with Gasteiger partial charge >= 0.3 is 6.18 Å². The Morgan fingerprint density at radius 1 is 1.20 bits per heavy atom. The Kier molecular flexibility index (Phi) is 6.76. The summed E-state index contributed by atoms with van der Waals surface area (Å²) in [7, 11) is 1.53. The summed E-state index contributed by atoms with van der Waals surface area (Å²) in [5, 5.41) is 4.38. The molecule has 2 aromatic carbocycles. The summed E-state index contributed by atoms with van der Waals surface area (Å²) in [5.41, 5.74) is -0.741. The largest absolute Gasteiger partial charge is 0.493 e. The monoisotopic (exact) mass is 440 g/mol. The van der Waals surface area contributed by atoms with E-state index in [0.717, 1.165) is 23.9 Å². The normalized spacial score (nSPS) is 15.7. The number of carbonyl (C=O) groups excluding carboxylic acids is 2. The van der Waals surface area contributed by atoms with Crippen LogP contribution in [0.25, 0.3) is 0 Å². The number of anilines is 1. The van der Waals surface area contributed by atoms with Gasteiger partial charge in [-0.25, -0.2) is 0 Å². The number of halogens is 3. The Labute approximate surface area is 175 Å². The zero-order valence-electron chi connectivity index (χ0n) is 15.9. The van der Waals surface area contributed by atoms with Crippen molar-refractivity contribution >= 4 is 29.3 Å². The molecule has 10 heteroatoms. The minimum atomic E-state index is -4.49. The minimum absolute atomic E-state index is 0.0988. The molecule has 2 aromatic rings. The number of fused-ring (bicyclic) bond motifs is 1. The summed E-state index contributed by atoms with van der Waals surface area (Å²) < 4.78 is 49.2. The number of carbonyl (C=O) groups is 2. The number of ether oxygens (including phenoxy) is 2. The standard InChI is InChI=1S/C20H19F3N2O4S/c1-28-14-4-2-3-5-15(14)29-9-8-24-18(26)11-17-19(27)25-13-10-12(20(21,22)23)6-7-16(13)30-17/h2-7,10,17H,8-9,11H2,1H3,(H,24,26)(H,25,27). The molecule has 1 aliphatic rings. The van der Waals surface area contributed by atoms with Crippen molar-refractivity contribution in [3.63, 3.8) is 0 Å². The van der Waals surface area contributed by atoms with Crippen LogP contribution in [0.3, 0.4) is 0 Å². The van der Waals surface area contributed by atoms with Gasteiger partial charge in [0, 0.05) is 11.3 Å². The summed E-state index contributed by atoms with van der Waals surface area (Å²) in [6.45, 7) is 0.431. The number of methoxy groups -OCH3 is 1. The number of para-hydroxylation sites is 2. The summed E-state index contributed by atoms with van der Waals surface area (Å²) >= 11 is 1.07. The van der Waals surface area contributed by atoms with Crippen molar-refractivity contribution in [3.8, 4) is 11.5 Å². The van der Waals surface area contributed by atoms with E-state index in [2.05, 4.69) is 10.6 Å². The van der Waals surface area contributed by atoms with Gasteiger partial charge in [0.25, 0.3) is 0 Å². The quantitative estimate of drug-likeness (QED) is 0.642. The lowest BCUT2D eigenvalue weighted by Crippen LogP contribution is -2.36. The highest BCUT2D eigenvalue weighted by Crippen LogP contribution is 2.40. The van der Waals surface area contributed by atoms with E-state index in [1.165, 1.54) is 13.2 Å². The molecule has 0 fully saturated rings. The molecule has 1 heterocycles. The van der Waals surface area contributed by atoms with E-state index in [0.29, 0.717) is 16.4 Å². The third kappa shape index (κ3) is 5.38. The second-order valence-corrected chi connectivity index (χ2v) is 7.60. The number of hydrogen-bond donors (Lipinski definition) is 2. The predicted molar refractivity (Wildman–Crippen MR) is 106 cm³/mol. The second kappa shape index (κ2) is 9.29. The lowest BCUT2D eigenvalue weighted by Gasteiger charge is -2.24. The SMILES string of the molecule is COc1ccccc1OCCNC(=O)CC1Sc2ccc(C(F)(F)F)cc2NC1=O. The first-order valence-corrected chi connectivity index (χ1v) is 9.87. The number of rotatable bonds is 7. The molecule has 0 saturated heterocycles. The fourth-order valence-electron chi connectivity index (χ4n) is 2.79. The molecule has 30 heavy (non-hydrogen) atoms. The highest BCUT2D eigenvalue weighted by Gasteiger charge is 2.34. The molecule has 0 bridgehead atoms. The summed E-state index contributed by atoms with van der Waals surface area (Å²) in [6.07, 6.45) is -4.60. The fourth-order valence-corrected chi connectivity index (χ4v) is 3.88. The summed E-state index contributed by atoms with van der Waals surface area (Å²) in [5.74, 6) is 0.256. The topological polar surface area (TPSA) is 76.7 Å². The number of alkyl halides is 3. The maximum atomic E-state index is 12.8. The van der Waals surface area contributed by atoms with E-state index < -0.39 is 22.9 Å². The van der Waals surface area contributed by atoms with E-state index in [4.69, 9.17) is 9.47 Å². The predicted octanol–water partition coefficient (Wildman–Crippen LogP) is 3.71. The summed E-state index contributed by atoms with van der Waals surface area (Å²) in [4.78, 5) is 24.8. The maximum Gasteiger partial charge on any atom is 0.416 e. The zero-order valence-corrected chi connectivity index (χ0v) is 16.7. The molecular weight excluding hydrogens is 421 g/mol. The summed E-state index contributed by atoms with van der Waals surface area (Å²) in [6, 6.07) is 10.2. The number of benzene rings is 2. The van der Waals surface area contributed by atoms with Crippen LogP contribution in [0.5, 0.6) is 11.5 Å². The maximum absolute atomic E-state index is 12.8. The number of hydrogen-bond acceptors (Lipinski definition) is 5. The van der Waals surface area contributed by atoms with Crippen LogP contribution in [0.15, 0.2) is 47.4 Å². The molecule has 0 radical (unpaired) electrons. The highest BCUT2D eigenvalue weighted by molar-refractivity contribution is 8.01. The van der Waals surface area contributed by atoms with Gasteiger partial charge in [-0.15, -0.1) is 11.8 Å². The van der Waals surface area contributed by atoms with Crippen molar-refractivity contribution in [1.29, 1.82) is 0 Å². The third-order valence-electron chi connectivity index (χ3n) is 4.25. The molecule has 3 rings (SSSR count). The van der Waals surface area contributed by atoms with Gasteiger partial charge in [0.1, 0.15) is 6.61 Å². The Balaban J connectivity index is 1.49. The first-order valence-electron chi connectivity index (χ1n) is 8.99. The molecule has 0 aliphatic carbocycles. The Bertz CT molecular complexity index is 937. The second-order valence-electron chi connectivity index (χ2n) is 6.36. The van der Waals surface area contributed by atoms with Crippen LogP contribution in [0.2, 0.25) is 0 Å². The van der Waals surface area contributed by atoms with Gasteiger partial charge < -0.3 is 20.1 Å². The van der Waals surface area contributed by atoms with Crippen molar-refractivity contribution in [1.82, 2.24) is 5.32 Å². The fraction of sp³-hybridized carbons (Fsp3) is 0.300. The number of thioether (sulfide) groups is 1.